The Morgan fingerprint density at radius 2 is 1.71 bits per heavy atom. The van der Waals surface area contributed by atoms with E-state index in [-0.39, 0.29) is 22.4 Å². The summed E-state index contributed by atoms with van der Waals surface area (Å²) in [7, 11) is -2.47. The molecule has 2 atom stereocenters. The summed E-state index contributed by atoms with van der Waals surface area (Å²) in [4.78, 5) is 13.2. The van der Waals surface area contributed by atoms with Crippen molar-refractivity contribution in [1.82, 2.24) is 10.0 Å². The first-order valence-electron chi connectivity index (χ1n) is 11.2. The van der Waals surface area contributed by atoms with Gasteiger partial charge >= 0.3 is 0 Å². The molecule has 2 N–H and O–H groups in total. The Bertz CT molecular complexity index is 1230. The third kappa shape index (κ3) is 7.21. The van der Waals surface area contributed by atoms with Gasteiger partial charge in [0.2, 0.25) is 15.9 Å². The Kier molecular flexibility index (Phi) is 9.14. The quantitative estimate of drug-likeness (QED) is 0.391. The Balaban J connectivity index is 1.83. The number of carbonyl (C=O) groups excluding carboxylic acids is 1. The first-order valence-corrected chi connectivity index (χ1v) is 13.0. The molecule has 3 aromatic rings. The molecule has 0 radical (unpaired) electrons. The van der Waals surface area contributed by atoms with E-state index < -0.39 is 22.0 Å². The molecule has 0 unspecified atom stereocenters. The van der Waals surface area contributed by atoms with Crippen LogP contribution < -0.4 is 19.5 Å². The number of benzene rings is 3. The van der Waals surface area contributed by atoms with Crippen LogP contribution in [0.1, 0.15) is 31.0 Å². The molecule has 9 heteroatoms. The van der Waals surface area contributed by atoms with E-state index in [4.69, 9.17) is 21.1 Å². The maximum Gasteiger partial charge on any atom is 0.241 e. The lowest BCUT2D eigenvalue weighted by Gasteiger charge is -2.22. The lowest BCUT2D eigenvalue weighted by atomic mass is 10.0. The van der Waals surface area contributed by atoms with Gasteiger partial charge in [0.05, 0.1) is 29.7 Å². The summed E-state index contributed by atoms with van der Waals surface area (Å²) in [5, 5.41) is 3.09. The van der Waals surface area contributed by atoms with Gasteiger partial charge in [-0.1, -0.05) is 54.1 Å². The second kappa shape index (κ2) is 12.1. The summed E-state index contributed by atoms with van der Waals surface area (Å²) < 4.78 is 39.5. The number of carbonyl (C=O) groups is 1. The van der Waals surface area contributed by atoms with E-state index in [1.165, 1.54) is 18.2 Å². The fourth-order valence-electron chi connectivity index (χ4n) is 3.50. The molecule has 186 valence electrons. The van der Waals surface area contributed by atoms with Crippen LogP contribution in [0.5, 0.6) is 11.5 Å². The van der Waals surface area contributed by atoms with Crippen molar-refractivity contribution in [2.75, 3.05) is 13.7 Å². The molecule has 0 aliphatic heterocycles. The highest BCUT2D eigenvalue weighted by Crippen LogP contribution is 2.27. The number of rotatable bonds is 11. The van der Waals surface area contributed by atoms with Crippen LogP contribution in [0.15, 0.2) is 77.7 Å². The normalized spacial score (nSPS) is 13.0. The summed E-state index contributed by atoms with van der Waals surface area (Å²) in [5.41, 5.74) is 1.68. The molecule has 0 saturated carbocycles. The van der Waals surface area contributed by atoms with Crippen LogP contribution in [0.25, 0.3) is 0 Å². The maximum atomic E-state index is 13.3. The van der Waals surface area contributed by atoms with Gasteiger partial charge < -0.3 is 14.8 Å². The van der Waals surface area contributed by atoms with Crippen LogP contribution in [0.4, 0.5) is 0 Å². The van der Waals surface area contributed by atoms with Crippen LogP contribution >= 0.6 is 11.6 Å². The molecule has 0 aliphatic rings. The highest BCUT2D eigenvalue weighted by molar-refractivity contribution is 7.89. The van der Waals surface area contributed by atoms with E-state index >= 15 is 0 Å². The second-order valence-corrected chi connectivity index (χ2v) is 10.0. The lowest BCUT2D eigenvalue weighted by Crippen LogP contribution is -2.48. The summed E-state index contributed by atoms with van der Waals surface area (Å²) in [6.07, 6.45) is 0.173. The summed E-state index contributed by atoms with van der Waals surface area (Å²) in [5.74, 6) is 0.647. The molecule has 1 amide bonds. The van der Waals surface area contributed by atoms with Crippen molar-refractivity contribution in [3.63, 3.8) is 0 Å². The Labute approximate surface area is 211 Å². The maximum absolute atomic E-state index is 13.3. The minimum absolute atomic E-state index is 0.0555. The van der Waals surface area contributed by atoms with Crippen molar-refractivity contribution in [3.05, 3.63) is 88.9 Å². The van der Waals surface area contributed by atoms with Crippen LogP contribution in [-0.2, 0) is 21.2 Å². The highest BCUT2D eigenvalue weighted by Gasteiger charge is 2.28. The van der Waals surface area contributed by atoms with E-state index in [1.54, 1.807) is 19.2 Å². The van der Waals surface area contributed by atoms with E-state index in [0.29, 0.717) is 18.1 Å². The van der Waals surface area contributed by atoms with Gasteiger partial charge in [0, 0.05) is 0 Å². The largest absolute Gasteiger partial charge is 0.497 e. The summed E-state index contributed by atoms with van der Waals surface area (Å²) >= 11 is 6.20. The van der Waals surface area contributed by atoms with Crippen LogP contribution in [0.2, 0.25) is 5.02 Å². The SMILES string of the molecule is CCOc1ccc(S(=O)(=O)N[C@H](Cc2ccccc2)C(=O)N[C@@H](C)c2ccc(OC)cc2)cc1Cl. The van der Waals surface area contributed by atoms with E-state index in [1.807, 2.05) is 56.3 Å². The monoisotopic (exact) mass is 516 g/mol. The molecule has 0 saturated heterocycles. The number of methoxy groups -OCH3 is 1. The molecule has 0 bridgehead atoms. The van der Waals surface area contributed by atoms with Crippen LogP contribution in [-0.4, -0.2) is 34.1 Å². The third-order valence-corrected chi connectivity index (χ3v) is 7.15. The Morgan fingerprint density at radius 3 is 2.31 bits per heavy atom. The molecular formula is C26H29ClN2O5S. The number of hydrogen-bond donors (Lipinski definition) is 2. The molecule has 3 rings (SSSR count). The van der Waals surface area contributed by atoms with Crippen molar-refractivity contribution in [2.24, 2.45) is 0 Å². The zero-order valence-corrected chi connectivity index (χ0v) is 21.4. The van der Waals surface area contributed by atoms with Crippen LogP contribution in [0, 0.1) is 0 Å². The number of sulfonamides is 1. The molecule has 3 aromatic carbocycles. The fourth-order valence-corrected chi connectivity index (χ4v) is 5.03. The molecule has 0 heterocycles. The minimum atomic E-state index is -4.06. The zero-order chi connectivity index (χ0) is 25.4. The average Bonchev–Trinajstić information content (AvgIpc) is 2.85. The number of hydrogen-bond acceptors (Lipinski definition) is 5. The lowest BCUT2D eigenvalue weighted by molar-refractivity contribution is -0.123. The molecule has 35 heavy (non-hydrogen) atoms. The first-order chi connectivity index (χ1) is 16.7. The van der Waals surface area contributed by atoms with Gasteiger partial charge in [-0.25, -0.2) is 8.42 Å². The van der Waals surface area contributed by atoms with E-state index in [9.17, 15) is 13.2 Å². The number of ether oxygens (including phenoxy) is 2. The zero-order valence-electron chi connectivity index (χ0n) is 19.8. The molecule has 0 aliphatic carbocycles. The molecular weight excluding hydrogens is 488 g/mol. The van der Waals surface area contributed by atoms with Gasteiger partial charge in [-0.2, -0.15) is 4.72 Å². The topological polar surface area (TPSA) is 93.7 Å². The molecule has 7 nitrogen and oxygen atoms in total. The number of nitrogens with one attached hydrogen (secondary N) is 2. The number of amides is 1. The van der Waals surface area contributed by atoms with E-state index in [0.717, 1.165) is 11.1 Å². The van der Waals surface area contributed by atoms with Crippen molar-refractivity contribution in [1.29, 1.82) is 0 Å². The fraction of sp³-hybridized carbons (Fsp3) is 0.269. The van der Waals surface area contributed by atoms with Crippen molar-refractivity contribution >= 4 is 27.5 Å². The van der Waals surface area contributed by atoms with Crippen molar-refractivity contribution in [3.8, 4) is 11.5 Å². The van der Waals surface area contributed by atoms with Gasteiger partial charge in [0.15, 0.2) is 0 Å². The van der Waals surface area contributed by atoms with Gasteiger partial charge in [-0.05, 0) is 61.7 Å². The van der Waals surface area contributed by atoms with Crippen molar-refractivity contribution in [2.45, 2.75) is 37.2 Å². The predicted molar refractivity (Wildman–Crippen MR) is 136 cm³/mol. The minimum Gasteiger partial charge on any atom is -0.497 e. The number of halogens is 1. The van der Waals surface area contributed by atoms with Crippen molar-refractivity contribution < 1.29 is 22.7 Å². The Morgan fingerprint density at radius 1 is 1.03 bits per heavy atom. The summed E-state index contributed by atoms with van der Waals surface area (Å²) in [6.45, 7) is 4.04. The summed E-state index contributed by atoms with van der Waals surface area (Å²) in [6, 6.07) is 19.3. The van der Waals surface area contributed by atoms with Gasteiger partial charge in [-0.3, -0.25) is 4.79 Å². The standard InChI is InChI=1S/C26H29ClN2O5S/c1-4-34-25-15-14-22(17-23(25)27)35(31,32)29-24(16-19-8-6-5-7-9-19)26(30)28-18(2)20-10-12-21(33-3)13-11-20/h5-15,17-18,24,29H,4,16H2,1-3H3,(H,28,30)/t18-,24+/m0/s1. The molecule has 0 aromatic heterocycles. The van der Waals surface area contributed by atoms with Gasteiger partial charge in [0.25, 0.3) is 0 Å². The second-order valence-electron chi connectivity index (χ2n) is 7.89. The first kappa shape index (κ1) is 26.5. The smallest absolute Gasteiger partial charge is 0.241 e. The predicted octanol–water partition coefficient (Wildman–Crippen LogP) is 4.51. The van der Waals surface area contributed by atoms with E-state index in [2.05, 4.69) is 10.0 Å². The average molecular weight is 517 g/mol. The molecule has 0 spiro atoms. The molecule has 0 fully saturated rings. The van der Waals surface area contributed by atoms with Gasteiger partial charge in [-0.15, -0.1) is 0 Å². The highest BCUT2D eigenvalue weighted by atomic mass is 35.5. The van der Waals surface area contributed by atoms with Gasteiger partial charge in [0.1, 0.15) is 17.5 Å². The Hall–Kier alpha value is -3.07. The van der Waals surface area contributed by atoms with Crippen LogP contribution in [0.3, 0.4) is 0 Å². The third-order valence-electron chi connectivity index (χ3n) is 5.38.